The summed E-state index contributed by atoms with van der Waals surface area (Å²) in [5.74, 6) is 1.74. The van der Waals surface area contributed by atoms with Crippen LogP contribution in [0, 0.1) is 0 Å². The van der Waals surface area contributed by atoms with E-state index in [0.717, 1.165) is 11.6 Å². The van der Waals surface area contributed by atoms with E-state index in [1.54, 1.807) is 0 Å². The lowest BCUT2D eigenvalue weighted by atomic mass is 10.4. The number of thioether (sulfide) groups is 1. The summed E-state index contributed by atoms with van der Waals surface area (Å²) in [6.07, 6.45) is 3.70. The van der Waals surface area contributed by atoms with Gasteiger partial charge < -0.3 is 5.73 Å². The minimum atomic E-state index is 0.572. The Balaban J connectivity index is 2.12. The molecule has 2 N–H and O–H groups in total. The summed E-state index contributed by atoms with van der Waals surface area (Å²) in [6, 6.07) is 0.572. The molecule has 1 saturated carbocycles. The van der Waals surface area contributed by atoms with Crippen LogP contribution in [-0.2, 0) is 0 Å². The number of rotatable bonds is 5. The third-order valence-corrected chi connectivity index (χ3v) is 3.35. The lowest BCUT2D eigenvalue weighted by Crippen LogP contribution is -2.17. The molecular weight excluding hydrogens is 168 g/mol. The van der Waals surface area contributed by atoms with Gasteiger partial charge in [-0.2, -0.15) is 11.8 Å². The molecule has 1 aliphatic rings. The fraction of sp³-hybridized carbons (Fsp3) is 0.889. The molecule has 0 bridgehead atoms. The molecule has 0 radical (unpaired) electrons. The van der Waals surface area contributed by atoms with Crippen molar-refractivity contribution in [3.63, 3.8) is 0 Å². The van der Waals surface area contributed by atoms with Crippen LogP contribution in [0.1, 0.15) is 33.1 Å². The van der Waals surface area contributed by atoms with Crippen molar-refractivity contribution < 1.29 is 0 Å². The predicted molar refractivity (Wildman–Crippen MR) is 56.9 cm³/mol. The van der Waals surface area contributed by atoms with E-state index in [1.807, 2.05) is 11.8 Å². The zero-order chi connectivity index (χ0) is 8.97. The Bertz CT molecular complexity index is 164. The van der Waals surface area contributed by atoms with Gasteiger partial charge in [-0.15, -0.1) is 0 Å². The topological polar surface area (TPSA) is 38.4 Å². The van der Waals surface area contributed by atoms with Gasteiger partial charge in [-0.25, -0.2) is 0 Å². The molecule has 2 nitrogen and oxygen atoms in total. The second-order valence-electron chi connectivity index (χ2n) is 3.38. The van der Waals surface area contributed by atoms with Gasteiger partial charge >= 0.3 is 0 Å². The highest BCUT2D eigenvalue weighted by atomic mass is 32.2. The van der Waals surface area contributed by atoms with Gasteiger partial charge in [0, 0.05) is 5.25 Å². The van der Waals surface area contributed by atoms with E-state index in [9.17, 15) is 0 Å². The first kappa shape index (κ1) is 9.90. The lowest BCUT2D eigenvalue weighted by molar-refractivity contribution is 0.907. The van der Waals surface area contributed by atoms with Crippen LogP contribution in [0.5, 0.6) is 0 Å². The molecule has 1 rings (SSSR count). The van der Waals surface area contributed by atoms with Crippen LogP contribution >= 0.6 is 11.8 Å². The Hall–Kier alpha value is -0.180. The normalized spacial score (nSPS) is 21.0. The van der Waals surface area contributed by atoms with Crippen molar-refractivity contribution in [1.82, 2.24) is 0 Å². The zero-order valence-electron chi connectivity index (χ0n) is 7.92. The maximum atomic E-state index is 5.75. The van der Waals surface area contributed by atoms with Crippen molar-refractivity contribution in [2.24, 2.45) is 10.7 Å². The molecule has 1 aliphatic carbocycles. The maximum absolute atomic E-state index is 5.75. The third-order valence-electron chi connectivity index (χ3n) is 1.99. The minimum absolute atomic E-state index is 0.572. The molecule has 0 saturated heterocycles. The van der Waals surface area contributed by atoms with Crippen LogP contribution in [0.15, 0.2) is 4.99 Å². The standard InChI is InChI=1S/C9H18N2S/c1-3-7(2)12-6-9(10)11-8-4-5-8/h7-8H,3-6H2,1-2H3,(H2,10,11). The Morgan fingerprint density at radius 1 is 1.67 bits per heavy atom. The van der Waals surface area contributed by atoms with E-state index in [0.29, 0.717) is 11.3 Å². The summed E-state index contributed by atoms with van der Waals surface area (Å²) in [7, 11) is 0. The van der Waals surface area contributed by atoms with Gasteiger partial charge in [0.15, 0.2) is 0 Å². The van der Waals surface area contributed by atoms with E-state index < -0.39 is 0 Å². The van der Waals surface area contributed by atoms with Crippen molar-refractivity contribution in [2.75, 3.05) is 5.75 Å². The summed E-state index contributed by atoms with van der Waals surface area (Å²) >= 11 is 1.90. The molecule has 0 spiro atoms. The van der Waals surface area contributed by atoms with E-state index in [4.69, 9.17) is 5.73 Å². The van der Waals surface area contributed by atoms with Crippen LogP contribution in [0.3, 0.4) is 0 Å². The summed E-state index contributed by atoms with van der Waals surface area (Å²) in [5, 5.41) is 0.706. The monoisotopic (exact) mass is 186 g/mol. The lowest BCUT2D eigenvalue weighted by Gasteiger charge is -2.06. The molecule has 70 valence electrons. The second kappa shape index (κ2) is 4.75. The van der Waals surface area contributed by atoms with Crippen molar-refractivity contribution in [2.45, 2.75) is 44.4 Å². The minimum Gasteiger partial charge on any atom is -0.387 e. The fourth-order valence-electron chi connectivity index (χ4n) is 0.821. The molecule has 1 atom stereocenters. The number of aliphatic imine (C=N–C) groups is 1. The van der Waals surface area contributed by atoms with Crippen molar-refractivity contribution in [3.8, 4) is 0 Å². The van der Waals surface area contributed by atoms with Gasteiger partial charge in [0.05, 0.1) is 11.8 Å². The average molecular weight is 186 g/mol. The molecule has 1 unspecified atom stereocenters. The van der Waals surface area contributed by atoms with Crippen LogP contribution in [0.2, 0.25) is 0 Å². The van der Waals surface area contributed by atoms with Gasteiger partial charge in [0.2, 0.25) is 0 Å². The largest absolute Gasteiger partial charge is 0.387 e. The van der Waals surface area contributed by atoms with Gasteiger partial charge in [0.25, 0.3) is 0 Å². The van der Waals surface area contributed by atoms with Gasteiger partial charge in [-0.05, 0) is 19.3 Å². The molecule has 3 heteroatoms. The molecule has 0 amide bonds. The number of amidine groups is 1. The highest BCUT2D eigenvalue weighted by Gasteiger charge is 2.20. The Labute approximate surface area is 79.0 Å². The third kappa shape index (κ3) is 4.00. The molecule has 0 aromatic rings. The van der Waals surface area contributed by atoms with Gasteiger partial charge in [-0.1, -0.05) is 13.8 Å². The summed E-state index contributed by atoms with van der Waals surface area (Å²) < 4.78 is 0. The quantitative estimate of drug-likeness (QED) is 0.527. The van der Waals surface area contributed by atoms with Crippen LogP contribution in [0.4, 0.5) is 0 Å². The Kier molecular flexibility index (Phi) is 3.92. The highest BCUT2D eigenvalue weighted by molar-refractivity contribution is 8.00. The molecule has 0 aliphatic heterocycles. The first-order chi connectivity index (χ1) is 5.72. The number of nitrogens with two attached hydrogens (primary N) is 1. The van der Waals surface area contributed by atoms with Crippen molar-refractivity contribution in [1.29, 1.82) is 0 Å². The highest BCUT2D eigenvalue weighted by Crippen LogP contribution is 2.23. The SMILES string of the molecule is CCC(C)SCC(N)=NC1CC1. The second-order valence-corrected chi connectivity index (χ2v) is 4.81. The predicted octanol–water partition coefficient (Wildman–Crippen LogP) is 2.04. The zero-order valence-corrected chi connectivity index (χ0v) is 8.73. The maximum Gasteiger partial charge on any atom is 0.104 e. The molecule has 0 heterocycles. The van der Waals surface area contributed by atoms with E-state index >= 15 is 0 Å². The first-order valence-electron chi connectivity index (χ1n) is 4.66. The number of hydrogen-bond donors (Lipinski definition) is 1. The molecule has 0 aromatic heterocycles. The summed E-state index contributed by atoms with van der Waals surface area (Å²) in [6.45, 7) is 4.43. The average Bonchev–Trinajstić information content (AvgIpc) is 2.84. The van der Waals surface area contributed by atoms with Crippen LogP contribution in [0.25, 0.3) is 0 Å². The Morgan fingerprint density at radius 2 is 2.33 bits per heavy atom. The number of nitrogens with zero attached hydrogens (tertiary/aromatic N) is 1. The van der Waals surface area contributed by atoms with E-state index in [1.165, 1.54) is 19.3 Å². The van der Waals surface area contributed by atoms with E-state index in [-0.39, 0.29) is 0 Å². The van der Waals surface area contributed by atoms with Crippen molar-refractivity contribution in [3.05, 3.63) is 0 Å². The summed E-state index contributed by atoms with van der Waals surface area (Å²) in [5.41, 5.74) is 5.75. The molecular formula is C9H18N2S. The Morgan fingerprint density at radius 3 is 2.83 bits per heavy atom. The van der Waals surface area contributed by atoms with Gasteiger partial charge in [-0.3, -0.25) is 4.99 Å². The van der Waals surface area contributed by atoms with Gasteiger partial charge in [0.1, 0.15) is 5.84 Å². The van der Waals surface area contributed by atoms with E-state index in [2.05, 4.69) is 18.8 Å². The number of hydrogen-bond acceptors (Lipinski definition) is 2. The smallest absolute Gasteiger partial charge is 0.104 e. The molecule has 0 aromatic carbocycles. The summed E-state index contributed by atoms with van der Waals surface area (Å²) in [4.78, 5) is 4.37. The van der Waals surface area contributed by atoms with Crippen LogP contribution in [-0.4, -0.2) is 22.9 Å². The van der Waals surface area contributed by atoms with Crippen LogP contribution < -0.4 is 5.73 Å². The van der Waals surface area contributed by atoms with Crippen molar-refractivity contribution >= 4 is 17.6 Å². The molecule has 1 fully saturated rings. The fourth-order valence-corrected chi connectivity index (χ4v) is 1.59. The first-order valence-corrected chi connectivity index (χ1v) is 5.71. The molecule has 12 heavy (non-hydrogen) atoms.